The average molecular weight is 228 g/mol. The summed E-state index contributed by atoms with van der Waals surface area (Å²) in [4.78, 5) is 1.91. The van der Waals surface area contributed by atoms with Crippen LogP contribution in [0.15, 0.2) is 45.6 Å². The van der Waals surface area contributed by atoms with E-state index in [1.807, 2.05) is 29.6 Å². The van der Waals surface area contributed by atoms with E-state index in [0.29, 0.717) is 0 Å². The Balaban J connectivity index is 0.000000145. The van der Waals surface area contributed by atoms with Gasteiger partial charge in [-0.15, -0.1) is 30.4 Å². The molecule has 0 unspecified atom stereocenters. The molecule has 1 heterocycles. The molecule has 0 bridgehead atoms. The predicted octanol–water partition coefficient (Wildman–Crippen LogP) is 2.80. The van der Waals surface area contributed by atoms with Gasteiger partial charge in [0.1, 0.15) is 0 Å². The Labute approximate surface area is 92.0 Å². The summed E-state index contributed by atoms with van der Waals surface area (Å²) in [5.74, 6) is 0. The first kappa shape index (κ1) is 10.6. The lowest BCUT2D eigenvalue weighted by Gasteiger charge is -1.89. The summed E-state index contributed by atoms with van der Waals surface area (Å²) in [5, 5.41) is 5.31. The van der Waals surface area contributed by atoms with E-state index in [4.69, 9.17) is 0 Å². The van der Waals surface area contributed by atoms with Gasteiger partial charge in [-0.3, -0.25) is 0 Å². The third-order valence-electron chi connectivity index (χ3n) is 1.11. The first-order valence-corrected chi connectivity index (χ1v) is 5.21. The number of aromatic nitrogens is 2. The van der Waals surface area contributed by atoms with E-state index in [0.717, 1.165) is 9.79 Å². The molecule has 1 aromatic carbocycles. The van der Waals surface area contributed by atoms with Crippen molar-refractivity contribution in [3.05, 3.63) is 35.8 Å². The summed E-state index contributed by atoms with van der Waals surface area (Å²) < 4.78 is 3.51. The maximum absolute atomic E-state index is 4.11. The van der Waals surface area contributed by atoms with Gasteiger partial charge < -0.3 is 0 Å². The highest BCUT2D eigenvalue weighted by Crippen LogP contribution is 2.10. The molecule has 2 nitrogen and oxygen atoms in total. The Bertz CT molecular complexity index is 300. The molecular formula is C8H8N2S3. The number of benzene rings is 1. The van der Waals surface area contributed by atoms with Crippen LogP contribution in [0.3, 0.4) is 0 Å². The van der Waals surface area contributed by atoms with Crippen LogP contribution in [0, 0.1) is 0 Å². The maximum atomic E-state index is 4.11. The van der Waals surface area contributed by atoms with Crippen molar-refractivity contribution in [1.82, 2.24) is 9.59 Å². The van der Waals surface area contributed by atoms with Crippen molar-refractivity contribution in [2.24, 2.45) is 0 Å². The van der Waals surface area contributed by atoms with E-state index in [9.17, 15) is 0 Å². The number of nitrogens with zero attached hydrogens (tertiary/aromatic N) is 2. The normalized spacial score (nSPS) is 8.77. The molecule has 0 amide bonds. The van der Waals surface area contributed by atoms with Gasteiger partial charge in [-0.1, -0.05) is 10.6 Å². The molecule has 2 aromatic rings. The smallest absolute Gasteiger partial charge is 0.0620 e. The third kappa shape index (κ3) is 4.92. The zero-order chi connectivity index (χ0) is 9.52. The number of thiol groups is 2. The van der Waals surface area contributed by atoms with E-state index in [1.54, 1.807) is 6.20 Å². The summed E-state index contributed by atoms with van der Waals surface area (Å²) in [6, 6.07) is 7.66. The van der Waals surface area contributed by atoms with Crippen molar-refractivity contribution in [2.45, 2.75) is 9.79 Å². The van der Waals surface area contributed by atoms with Gasteiger partial charge >= 0.3 is 0 Å². The molecule has 0 aliphatic heterocycles. The second-order valence-electron chi connectivity index (χ2n) is 2.11. The summed E-state index contributed by atoms with van der Waals surface area (Å²) >= 11 is 9.56. The van der Waals surface area contributed by atoms with Gasteiger partial charge in [-0.05, 0) is 29.7 Å². The highest BCUT2D eigenvalue weighted by Gasteiger charge is 1.82. The molecule has 0 N–H and O–H groups in total. The van der Waals surface area contributed by atoms with Crippen LogP contribution in [0.25, 0.3) is 0 Å². The molecule has 68 valence electrons. The van der Waals surface area contributed by atoms with Crippen LogP contribution in [0.1, 0.15) is 0 Å². The molecular weight excluding hydrogens is 220 g/mol. The lowest BCUT2D eigenvalue weighted by molar-refractivity contribution is 1.16. The van der Waals surface area contributed by atoms with E-state index in [-0.39, 0.29) is 0 Å². The molecule has 13 heavy (non-hydrogen) atoms. The summed E-state index contributed by atoms with van der Waals surface area (Å²) in [6.07, 6.45) is 1.66. The van der Waals surface area contributed by atoms with Crippen LogP contribution in [0.2, 0.25) is 0 Å². The van der Waals surface area contributed by atoms with E-state index >= 15 is 0 Å². The Morgan fingerprint density at radius 2 is 1.85 bits per heavy atom. The highest BCUT2D eigenvalue weighted by atomic mass is 32.1. The molecule has 0 spiro atoms. The van der Waals surface area contributed by atoms with Crippen molar-refractivity contribution in [3.8, 4) is 0 Å². The first-order chi connectivity index (χ1) is 6.29. The molecule has 0 aliphatic carbocycles. The molecule has 1 aromatic heterocycles. The molecule has 0 aliphatic rings. The molecule has 0 atom stereocenters. The second-order valence-corrected chi connectivity index (χ2v) is 3.79. The Kier molecular flexibility index (Phi) is 4.88. The largest absolute Gasteiger partial charge is 0.147 e. The van der Waals surface area contributed by atoms with Crippen LogP contribution >= 0.6 is 36.8 Å². The first-order valence-electron chi connectivity index (χ1n) is 3.48. The average Bonchev–Trinajstić information content (AvgIpc) is 2.59. The van der Waals surface area contributed by atoms with Crippen LogP contribution in [-0.2, 0) is 0 Å². The van der Waals surface area contributed by atoms with Gasteiger partial charge in [-0.25, -0.2) is 0 Å². The lowest BCUT2D eigenvalue weighted by atomic mass is 10.4. The lowest BCUT2D eigenvalue weighted by Crippen LogP contribution is -1.63. The highest BCUT2D eigenvalue weighted by molar-refractivity contribution is 7.81. The van der Waals surface area contributed by atoms with Gasteiger partial charge in [0.15, 0.2) is 0 Å². The van der Waals surface area contributed by atoms with Gasteiger partial charge in [0.2, 0.25) is 0 Å². The number of rotatable bonds is 0. The molecule has 5 heteroatoms. The fourth-order valence-corrected chi connectivity index (χ4v) is 1.45. The van der Waals surface area contributed by atoms with Gasteiger partial charge in [0.25, 0.3) is 0 Å². The fraction of sp³-hybridized carbons (Fsp3) is 0. The van der Waals surface area contributed by atoms with E-state index in [1.165, 1.54) is 11.5 Å². The molecule has 0 fully saturated rings. The number of hydrogen-bond donors (Lipinski definition) is 2. The SMILES string of the molecule is Sc1cccc(S)c1.c1csnn1. The Morgan fingerprint density at radius 3 is 2.08 bits per heavy atom. The summed E-state index contributed by atoms with van der Waals surface area (Å²) in [5.41, 5.74) is 0. The minimum Gasteiger partial charge on any atom is -0.147 e. The van der Waals surface area contributed by atoms with E-state index < -0.39 is 0 Å². The van der Waals surface area contributed by atoms with Crippen molar-refractivity contribution in [1.29, 1.82) is 0 Å². The van der Waals surface area contributed by atoms with Gasteiger partial charge in [0.05, 0.1) is 6.20 Å². The van der Waals surface area contributed by atoms with E-state index in [2.05, 4.69) is 34.8 Å². The van der Waals surface area contributed by atoms with Gasteiger partial charge in [0, 0.05) is 15.2 Å². The minimum atomic E-state index is 0.956. The van der Waals surface area contributed by atoms with Crippen molar-refractivity contribution in [3.63, 3.8) is 0 Å². The summed E-state index contributed by atoms with van der Waals surface area (Å²) in [7, 11) is 0. The Hall–Kier alpha value is -0.520. The Morgan fingerprint density at radius 1 is 1.15 bits per heavy atom. The minimum absolute atomic E-state index is 0.956. The van der Waals surface area contributed by atoms with Crippen LogP contribution in [-0.4, -0.2) is 9.59 Å². The maximum Gasteiger partial charge on any atom is 0.0620 e. The second kappa shape index (κ2) is 6.01. The predicted molar refractivity (Wildman–Crippen MR) is 60.9 cm³/mol. The van der Waals surface area contributed by atoms with Crippen molar-refractivity contribution < 1.29 is 0 Å². The third-order valence-corrected chi connectivity index (χ3v) is 2.10. The molecule has 0 radical (unpaired) electrons. The molecule has 0 saturated heterocycles. The summed E-state index contributed by atoms with van der Waals surface area (Å²) in [6.45, 7) is 0. The van der Waals surface area contributed by atoms with Crippen molar-refractivity contribution >= 4 is 36.8 Å². The van der Waals surface area contributed by atoms with Gasteiger partial charge in [-0.2, -0.15) is 0 Å². The van der Waals surface area contributed by atoms with Crippen LogP contribution < -0.4 is 0 Å². The fourth-order valence-electron chi connectivity index (χ4n) is 0.629. The zero-order valence-electron chi connectivity index (χ0n) is 6.66. The number of hydrogen-bond acceptors (Lipinski definition) is 5. The topological polar surface area (TPSA) is 25.8 Å². The standard InChI is InChI=1S/C6H6S2.C2H2N2S/c7-5-2-1-3-6(8)4-5;1-2-5-4-3-1/h1-4,7-8H;1-2H. The van der Waals surface area contributed by atoms with Crippen LogP contribution in [0.4, 0.5) is 0 Å². The molecule has 0 saturated carbocycles. The van der Waals surface area contributed by atoms with Crippen LogP contribution in [0.5, 0.6) is 0 Å². The van der Waals surface area contributed by atoms with Crippen molar-refractivity contribution in [2.75, 3.05) is 0 Å². The quantitative estimate of drug-likeness (QED) is 0.678. The zero-order valence-corrected chi connectivity index (χ0v) is 9.27. The molecule has 2 rings (SSSR count). The monoisotopic (exact) mass is 228 g/mol.